The topological polar surface area (TPSA) is 85.6 Å². The number of methoxy groups -OCH3 is 1. The van der Waals surface area contributed by atoms with Crippen molar-refractivity contribution >= 4 is 18.0 Å². The third-order valence-corrected chi connectivity index (χ3v) is 4.62. The molecular weight excluding hydrogens is 382 g/mol. The Bertz CT molecular complexity index is 1040. The zero-order valence-corrected chi connectivity index (χ0v) is 17.4. The molecule has 0 amide bonds. The minimum Gasteiger partial charge on any atom is -0.497 e. The molecule has 2 aromatic carbocycles. The molecule has 0 N–H and O–H groups in total. The lowest BCUT2D eigenvalue weighted by Crippen LogP contribution is -2.42. The molecule has 6 nitrogen and oxygen atoms in total. The minimum atomic E-state index is -1.71. The lowest BCUT2D eigenvalue weighted by molar-refractivity contribution is -0.177. The Morgan fingerprint density at radius 3 is 2.43 bits per heavy atom. The molecule has 1 heterocycles. The molecule has 1 aliphatic rings. The maximum atomic E-state index is 13.2. The van der Waals surface area contributed by atoms with E-state index < -0.39 is 23.1 Å². The van der Waals surface area contributed by atoms with E-state index in [1.165, 1.54) is 0 Å². The Labute approximate surface area is 175 Å². The van der Waals surface area contributed by atoms with Gasteiger partial charge in [-0.1, -0.05) is 30.3 Å². The van der Waals surface area contributed by atoms with E-state index in [0.717, 1.165) is 5.56 Å². The van der Waals surface area contributed by atoms with Crippen molar-refractivity contribution < 1.29 is 23.8 Å². The smallest absolute Gasteiger partial charge is 0.356 e. The van der Waals surface area contributed by atoms with Crippen LogP contribution in [0.4, 0.5) is 0 Å². The summed E-state index contributed by atoms with van der Waals surface area (Å²) in [5.41, 5.74) is -0.778. The second-order valence-corrected chi connectivity index (χ2v) is 8.00. The average Bonchev–Trinajstić information content (AvgIpc) is 3.00. The average molecular weight is 405 g/mol. The van der Waals surface area contributed by atoms with Crippen molar-refractivity contribution in [3.8, 4) is 11.8 Å². The van der Waals surface area contributed by atoms with Gasteiger partial charge in [0.05, 0.1) is 18.7 Å². The highest BCUT2D eigenvalue weighted by Crippen LogP contribution is 2.43. The lowest BCUT2D eigenvalue weighted by atomic mass is 9.85. The number of rotatable bonds is 5. The number of benzene rings is 2. The Kier molecular flexibility index (Phi) is 5.66. The van der Waals surface area contributed by atoms with Gasteiger partial charge in [0.15, 0.2) is 0 Å². The second kappa shape index (κ2) is 8.03. The predicted octanol–water partition coefficient (Wildman–Crippen LogP) is 4.40. The van der Waals surface area contributed by atoms with Crippen LogP contribution in [-0.2, 0) is 19.9 Å². The summed E-state index contributed by atoms with van der Waals surface area (Å²) in [4.78, 5) is 25.7. The highest BCUT2D eigenvalue weighted by atomic mass is 16.6. The molecule has 0 fully saturated rings. The fraction of sp³-hybridized carbons (Fsp3) is 0.292. The van der Waals surface area contributed by atoms with Gasteiger partial charge in [-0.3, -0.25) is 0 Å². The van der Waals surface area contributed by atoms with Crippen molar-refractivity contribution in [3.63, 3.8) is 0 Å². The van der Waals surface area contributed by atoms with Gasteiger partial charge in [0.1, 0.15) is 11.4 Å². The first-order valence-electron chi connectivity index (χ1n) is 9.49. The summed E-state index contributed by atoms with van der Waals surface area (Å²) >= 11 is 0. The molecule has 6 heteroatoms. The van der Waals surface area contributed by atoms with Crippen molar-refractivity contribution in [1.29, 1.82) is 5.26 Å². The Balaban J connectivity index is 2.05. The number of hydrogen-bond acceptors (Lipinski definition) is 6. The van der Waals surface area contributed by atoms with Crippen LogP contribution in [0.2, 0.25) is 0 Å². The number of hydrogen-bond donors (Lipinski definition) is 0. The molecule has 0 unspecified atom stereocenters. The van der Waals surface area contributed by atoms with Crippen LogP contribution in [0.5, 0.6) is 5.75 Å². The fourth-order valence-corrected chi connectivity index (χ4v) is 3.29. The summed E-state index contributed by atoms with van der Waals surface area (Å²) in [5, 5.41) is 9.76. The normalized spacial score (nSPS) is 18.2. The highest BCUT2D eigenvalue weighted by molar-refractivity contribution is 6.01. The summed E-state index contributed by atoms with van der Waals surface area (Å²) in [6, 6.07) is 15.9. The summed E-state index contributed by atoms with van der Waals surface area (Å²) in [5.74, 6) is -0.628. The monoisotopic (exact) mass is 405 g/mol. The van der Waals surface area contributed by atoms with E-state index in [4.69, 9.17) is 14.2 Å². The van der Waals surface area contributed by atoms with Gasteiger partial charge in [-0.25, -0.2) is 9.59 Å². The molecule has 0 spiro atoms. The molecule has 1 atom stereocenters. The molecule has 0 aliphatic carbocycles. The quantitative estimate of drug-likeness (QED) is 0.541. The first-order chi connectivity index (χ1) is 14.2. The SMILES string of the molecule is COc1ccc(/C=C(\C#N)C[C@]2(C(=O)OC(C)(C)C)OC(=O)c3ccccc32)cc1. The molecule has 154 valence electrons. The first kappa shape index (κ1) is 21.1. The van der Waals surface area contributed by atoms with Gasteiger partial charge in [0.2, 0.25) is 5.60 Å². The number of cyclic esters (lactones) is 1. The summed E-state index contributed by atoms with van der Waals surface area (Å²) in [7, 11) is 1.57. The zero-order chi connectivity index (χ0) is 21.9. The van der Waals surface area contributed by atoms with Crippen LogP contribution in [0, 0.1) is 11.3 Å². The molecule has 1 aliphatic heterocycles. The standard InChI is InChI=1S/C24H23NO5/c1-23(2,3)30-22(27)24(20-8-6-5-7-19(20)21(26)29-24)14-17(15-25)13-16-9-11-18(28-4)12-10-16/h5-13H,14H2,1-4H3/b17-13-/t24-/m0/s1. The van der Waals surface area contributed by atoms with Gasteiger partial charge in [0, 0.05) is 17.6 Å². The summed E-state index contributed by atoms with van der Waals surface area (Å²) in [6.07, 6.45) is 1.52. The van der Waals surface area contributed by atoms with Gasteiger partial charge in [-0.2, -0.15) is 5.26 Å². The number of nitrogens with zero attached hydrogens (tertiary/aromatic N) is 1. The van der Waals surface area contributed by atoms with E-state index in [9.17, 15) is 14.9 Å². The van der Waals surface area contributed by atoms with E-state index in [2.05, 4.69) is 6.07 Å². The van der Waals surface area contributed by atoms with E-state index in [-0.39, 0.29) is 12.0 Å². The molecule has 0 saturated carbocycles. The maximum absolute atomic E-state index is 13.2. The number of esters is 2. The van der Waals surface area contributed by atoms with Crippen molar-refractivity contribution in [2.24, 2.45) is 0 Å². The highest BCUT2D eigenvalue weighted by Gasteiger charge is 2.54. The molecular formula is C24H23NO5. The number of carbonyl (C=O) groups is 2. The fourth-order valence-electron chi connectivity index (χ4n) is 3.29. The molecule has 0 bridgehead atoms. The summed E-state index contributed by atoms with van der Waals surface area (Å²) < 4.78 is 16.3. The Morgan fingerprint density at radius 2 is 1.83 bits per heavy atom. The van der Waals surface area contributed by atoms with Crippen molar-refractivity contribution in [2.75, 3.05) is 7.11 Å². The zero-order valence-electron chi connectivity index (χ0n) is 17.4. The first-order valence-corrected chi connectivity index (χ1v) is 9.49. The van der Waals surface area contributed by atoms with Crippen molar-refractivity contribution in [1.82, 2.24) is 0 Å². The van der Waals surface area contributed by atoms with Crippen LogP contribution >= 0.6 is 0 Å². The van der Waals surface area contributed by atoms with Crippen LogP contribution in [0.15, 0.2) is 54.1 Å². The van der Waals surface area contributed by atoms with E-state index in [1.54, 1.807) is 82.5 Å². The van der Waals surface area contributed by atoms with Gasteiger partial charge in [-0.15, -0.1) is 0 Å². The Hall–Kier alpha value is -3.59. The van der Waals surface area contributed by atoms with Crippen LogP contribution in [-0.4, -0.2) is 24.6 Å². The number of fused-ring (bicyclic) bond motifs is 1. The van der Waals surface area contributed by atoms with Crippen molar-refractivity contribution in [2.45, 2.75) is 38.4 Å². The van der Waals surface area contributed by atoms with Crippen LogP contribution in [0.25, 0.3) is 6.08 Å². The minimum absolute atomic E-state index is 0.132. The molecule has 0 aromatic heterocycles. The molecule has 2 aromatic rings. The molecule has 30 heavy (non-hydrogen) atoms. The van der Waals surface area contributed by atoms with Gasteiger partial charge in [-0.05, 0) is 50.6 Å². The van der Waals surface area contributed by atoms with E-state index >= 15 is 0 Å². The van der Waals surface area contributed by atoms with Gasteiger partial charge >= 0.3 is 11.9 Å². The summed E-state index contributed by atoms with van der Waals surface area (Å²) in [6.45, 7) is 5.21. The molecule has 0 saturated heterocycles. The Morgan fingerprint density at radius 1 is 1.17 bits per heavy atom. The van der Waals surface area contributed by atoms with Crippen molar-refractivity contribution in [3.05, 3.63) is 70.8 Å². The number of nitriles is 1. The third-order valence-electron chi connectivity index (χ3n) is 4.62. The van der Waals surface area contributed by atoms with Crippen LogP contribution in [0.3, 0.4) is 0 Å². The van der Waals surface area contributed by atoms with Crippen LogP contribution < -0.4 is 4.74 Å². The predicted molar refractivity (Wildman–Crippen MR) is 111 cm³/mol. The van der Waals surface area contributed by atoms with E-state index in [0.29, 0.717) is 16.9 Å². The molecule has 3 rings (SSSR count). The van der Waals surface area contributed by atoms with Gasteiger partial charge in [0.25, 0.3) is 0 Å². The van der Waals surface area contributed by atoms with E-state index in [1.807, 2.05) is 0 Å². The number of carbonyl (C=O) groups excluding carboxylic acids is 2. The second-order valence-electron chi connectivity index (χ2n) is 8.00. The van der Waals surface area contributed by atoms with Crippen LogP contribution in [0.1, 0.15) is 48.7 Å². The van der Waals surface area contributed by atoms with Gasteiger partial charge < -0.3 is 14.2 Å². The third kappa shape index (κ3) is 4.20. The maximum Gasteiger partial charge on any atom is 0.356 e. The number of ether oxygens (including phenoxy) is 3. The molecule has 0 radical (unpaired) electrons. The largest absolute Gasteiger partial charge is 0.497 e. The lowest BCUT2D eigenvalue weighted by Gasteiger charge is -2.30.